The number of nitrogens with one attached hydrogen (secondary N) is 1. The van der Waals surface area contributed by atoms with Crippen molar-refractivity contribution < 1.29 is 23.9 Å². The van der Waals surface area contributed by atoms with Gasteiger partial charge in [-0.2, -0.15) is 0 Å². The molecular weight excluding hydrogens is 360 g/mol. The second-order valence-corrected chi connectivity index (χ2v) is 6.97. The van der Waals surface area contributed by atoms with Gasteiger partial charge in [0.1, 0.15) is 0 Å². The van der Waals surface area contributed by atoms with E-state index in [1.165, 1.54) is 24.3 Å². The van der Waals surface area contributed by atoms with Crippen LogP contribution in [-0.4, -0.2) is 36.8 Å². The number of ether oxygens (including phenoxy) is 1. The monoisotopic (exact) mass is 388 g/mol. The van der Waals surface area contributed by atoms with Crippen molar-refractivity contribution in [1.82, 2.24) is 5.32 Å². The van der Waals surface area contributed by atoms with E-state index in [0.717, 1.165) is 30.6 Å². The van der Waals surface area contributed by atoms with Gasteiger partial charge in [-0.1, -0.05) is 33.1 Å². The SMILES string of the molecule is CCCC[C@@H](CC)CNC(=O)COC(=O)c1ccc(N2C(=O)CCC2=O)cc1. The number of imide groups is 1. The van der Waals surface area contributed by atoms with Crippen LogP contribution in [0.4, 0.5) is 5.69 Å². The molecule has 1 N–H and O–H groups in total. The highest BCUT2D eigenvalue weighted by atomic mass is 16.5. The third-order valence-corrected chi connectivity index (χ3v) is 4.88. The van der Waals surface area contributed by atoms with Crippen molar-refractivity contribution in [2.45, 2.75) is 52.4 Å². The zero-order valence-electron chi connectivity index (χ0n) is 16.5. The standard InChI is InChI=1S/C21H28N2O5/c1-3-5-6-15(4-2)13-22-18(24)14-28-21(27)16-7-9-17(10-8-16)23-19(25)11-12-20(23)26/h7-10,15H,3-6,11-14H2,1-2H3,(H,22,24)/t15-/m1/s1. The molecule has 1 aromatic carbocycles. The Hall–Kier alpha value is -2.70. The van der Waals surface area contributed by atoms with Crippen LogP contribution in [0.3, 0.4) is 0 Å². The van der Waals surface area contributed by atoms with Crippen molar-refractivity contribution in [3.8, 4) is 0 Å². The fourth-order valence-corrected chi connectivity index (χ4v) is 3.08. The molecule has 1 saturated heterocycles. The Morgan fingerprint density at radius 2 is 1.75 bits per heavy atom. The lowest BCUT2D eigenvalue weighted by atomic mass is 9.99. The second kappa shape index (κ2) is 10.6. The van der Waals surface area contributed by atoms with Crippen molar-refractivity contribution >= 4 is 29.4 Å². The average Bonchev–Trinajstić information content (AvgIpc) is 3.04. The number of anilines is 1. The summed E-state index contributed by atoms with van der Waals surface area (Å²) in [5.41, 5.74) is 0.685. The van der Waals surface area contributed by atoms with Gasteiger partial charge in [0.05, 0.1) is 11.3 Å². The topological polar surface area (TPSA) is 92.8 Å². The number of benzene rings is 1. The number of amides is 3. The molecule has 0 aliphatic carbocycles. The van der Waals surface area contributed by atoms with Gasteiger partial charge in [-0.05, 0) is 36.6 Å². The minimum atomic E-state index is -0.626. The van der Waals surface area contributed by atoms with Gasteiger partial charge < -0.3 is 10.1 Å². The molecule has 3 amide bonds. The maximum absolute atomic E-state index is 12.1. The molecule has 1 aliphatic rings. The molecule has 0 unspecified atom stereocenters. The highest BCUT2D eigenvalue weighted by Crippen LogP contribution is 2.23. The molecular formula is C21H28N2O5. The van der Waals surface area contributed by atoms with Crippen LogP contribution in [0, 0.1) is 5.92 Å². The van der Waals surface area contributed by atoms with Crippen LogP contribution in [-0.2, 0) is 19.1 Å². The first-order valence-corrected chi connectivity index (χ1v) is 9.85. The fraction of sp³-hybridized carbons (Fsp3) is 0.524. The van der Waals surface area contributed by atoms with Gasteiger partial charge in [0.25, 0.3) is 5.91 Å². The zero-order valence-corrected chi connectivity index (χ0v) is 16.5. The fourth-order valence-electron chi connectivity index (χ4n) is 3.08. The molecule has 1 aromatic rings. The van der Waals surface area contributed by atoms with Crippen LogP contribution in [0.2, 0.25) is 0 Å². The summed E-state index contributed by atoms with van der Waals surface area (Å²) in [5, 5.41) is 2.81. The van der Waals surface area contributed by atoms with Crippen molar-refractivity contribution in [1.29, 1.82) is 0 Å². The normalized spacial score (nSPS) is 14.9. The number of rotatable bonds is 10. The maximum atomic E-state index is 12.1. The smallest absolute Gasteiger partial charge is 0.338 e. The van der Waals surface area contributed by atoms with Gasteiger partial charge in [0.2, 0.25) is 11.8 Å². The van der Waals surface area contributed by atoms with E-state index in [4.69, 9.17) is 4.74 Å². The number of carbonyl (C=O) groups excluding carboxylic acids is 4. The summed E-state index contributed by atoms with van der Waals surface area (Å²) in [6, 6.07) is 6.01. The van der Waals surface area contributed by atoms with Crippen molar-refractivity contribution in [3.63, 3.8) is 0 Å². The highest BCUT2D eigenvalue weighted by Gasteiger charge is 2.30. The van der Waals surface area contributed by atoms with Crippen LogP contribution in [0.15, 0.2) is 24.3 Å². The molecule has 0 radical (unpaired) electrons. The van der Waals surface area contributed by atoms with Crippen molar-refractivity contribution in [2.24, 2.45) is 5.92 Å². The molecule has 0 aromatic heterocycles. The molecule has 7 heteroatoms. The Morgan fingerprint density at radius 3 is 2.32 bits per heavy atom. The minimum absolute atomic E-state index is 0.203. The Bertz CT molecular complexity index is 698. The van der Waals surface area contributed by atoms with E-state index in [9.17, 15) is 19.2 Å². The largest absolute Gasteiger partial charge is 0.452 e. The summed E-state index contributed by atoms with van der Waals surface area (Å²) in [7, 11) is 0. The van der Waals surface area contributed by atoms with E-state index in [1.807, 2.05) is 0 Å². The van der Waals surface area contributed by atoms with E-state index in [-0.39, 0.29) is 42.7 Å². The van der Waals surface area contributed by atoms with Crippen molar-refractivity contribution in [2.75, 3.05) is 18.1 Å². The summed E-state index contributed by atoms with van der Waals surface area (Å²) < 4.78 is 5.05. The Morgan fingerprint density at radius 1 is 1.11 bits per heavy atom. The third kappa shape index (κ3) is 5.90. The summed E-state index contributed by atoms with van der Waals surface area (Å²) in [6.07, 6.45) is 4.73. The van der Waals surface area contributed by atoms with Gasteiger partial charge in [0.15, 0.2) is 6.61 Å². The van der Waals surface area contributed by atoms with Gasteiger partial charge in [-0.25, -0.2) is 4.79 Å². The second-order valence-electron chi connectivity index (χ2n) is 6.97. The molecule has 1 fully saturated rings. The van der Waals surface area contributed by atoms with Crippen LogP contribution < -0.4 is 10.2 Å². The third-order valence-electron chi connectivity index (χ3n) is 4.88. The van der Waals surface area contributed by atoms with E-state index >= 15 is 0 Å². The van der Waals surface area contributed by atoms with Gasteiger partial charge in [0, 0.05) is 19.4 Å². The maximum Gasteiger partial charge on any atom is 0.338 e. The number of hydrogen-bond donors (Lipinski definition) is 1. The number of esters is 1. The van der Waals surface area contributed by atoms with E-state index in [0.29, 0.717) is 18.2 Å². The van der Waals surface area contributed by atoms with Crippen molar-refractivity contribution in [3.05, 3.63) is 29.8 Å². The van der Waals surface area contributed by atoms with Crippen LogP contribution >= 0.6 is 0 Å². The average molecular weight is 388 g/mol. The molecule has 0 bridgehead atoms. The number of carbonyl (C=O) groups is 4. The van der Waals surface area contributed by atoms with Gasteiger partial charge >= 0.3 is 5.97 Å². The van der Waals surface area contributed by atoms with E-state index in [1.54, 1.807) is 0 Å². The van der Waals surface area contributed by atoms with Gasteiger partial charge in [-0.3, -0.25) is 19.3 Å². The van der Waals surface area contributed by atoms with Crippen LogP contribution in [0.5, 0.6) is 0 Å². The molecule has 2 rings (SSSR count). The predicted octanol–water partition coefficient (Wildman–Crippen LogP) is 2.83. The van der Waals surface area contributed by atoms with E-state index < -0.39 is 5.97 Å². The first-order chi connectivity index (χ1) is 13.5. The Labute approximate surface area is 165 Å². The first-order valence-electron chi connectivity index (χ1n) is 9.85. The lowest BCUT2D eigenvalue weighted by Crippen LogP contribution is -2.33. The highest BCUT2D eigenvalue weighted by molar-refractivity contribution is 6.19. The summed E-state index contributed by atoms with van der Waals surface area (Å²) in [6.45, 7) is 4.48. The molecule has 7 nitrogen and oxygen atoms in total. The van der Waals surface area contributed by atoms with Crippen LogP contribution in [0.1, 0.15) is 62.7 Å². The summed E-state index contributed by atoms with van der Waals surface area (Å²) >= 11 is 0. The lowest BCUT2D eigenvalue weighted by Gasteiger charge is -2.15. The van der Waals surface area contributed by atoms with Crippen LogP contribution in [0.25, 0.3) is 0 Å². The first kappa shape index (κ1) is 21.6. The molecule has 0 saturated carbocycles. The molecule has 1 heterocycles. The lowest BCUT2D eigenvalue weighted by molar-refractivity contribution is -0.124. The molecule has 1 atom stereocenters. The predicted molar refractivity (Wildman–Crippen MR) is 105 cm³/mol. The number of unbranched alkanes of at least 4 members (excludes halogenated alkanes) is 1. The molecule has 1 aliphatic heterocycles. The summed E-state index contributed by atoms with van der Waals surface area (Å²) in [5.74, 6) is -1.02. The molecule has 152 valence electrons. The molecule has 0 spiro atoms. The Kier molecular flexibility index (Phi) is 8.17. The quantitative estimate of drug-likeness (QED) is 0.491. The Balaban J connectivity index is 1.80. The van der Waals surface area contributed by atoms with Gasteiger partial charge in [-0.15, -0.1) is 0 Å². The van der Waals surface area contributed by atoms with E-state index in [2.05, 4.69) is 19.2 Å². The number of nitrogens with zero attached hydrogens (tertiary/aromatic N) is 1. The zero-order chi connectivity index (χ0) is 20.5. The summed E-state index contributed by atoms with van der Waals surface area (Å²) in [4.78, 5) is 48.6. The number of hydrogen-bond acceptors (Lipinski definition) is 5. The molecule has 28 heavy (non-hydrogen) atoms. The minimum Gasteiger partial charge on any atom is -0.452 e.